The largest absolute Gasteiger partial charge is 0.497 e. The molecule has 0 aliphatic carbocycles. The number of carbonyl (C=O) groups excluding carboxylic acids is 1. The molecule has 15 heavy (non-hydrogen) atoms. The highest BCUT2D eigenvalue weighted by Crippen LogP contribution is 2.28. The molecule has 0 saturated carbocycles. The molecule has 0 radical (unpaired) electrons. The van der Waals surface area contributed by atoms with Gasteiger partial charge in [0.15, 0.2) is 0 Å². The minimum atomic E-state index is -0.431. The van der Waals surface area contributed by atoms with Gasteiger partial charge in [0.05, 0.1) is 26.5 Å². The fraction of sp³-hybridized carbons (Fsp3) is 0.300. The van der Waals surface area contributed by atoms with Crippen LogP contribution < -0.4 is 20.5 Å². The number of carbonyl (C=O) groups is 1. The lowest BCUT2D eigenvalue weighted by Crippen LogP contribution is -2.22. The summed E-state index contributed by atoms with van der Waals surface area (Å²) in [5, 5.41) is 2.86. The third-order valence-corrected chi connectivity index (χ3v) is 1.86. The van der Waals surface area contributed by atoms with Crippen LogP contribution in [0.15, 0.2) is 18.2 Å². The van der Waals surface area contributed by atoms with Gasteiger partial charge >= 0.3 is 0 Å². The molecule has 1 rings (SSSR count). The molecule has 82 valence electrons. The molecule has 0 aliphatic heterocycles. The van der Waals surface area contributed by atoms with E-state index >= 15 is 0 Å². The molecule has 0 bridgehead atoms. The molecule has 0 atom stereocenters. The molecule has 0 saturated heterocycles. The summed E-state index contributed by atoms with van der Waals surface area (Å²) in [6.45, 7) is 0.0591. The summed E-state index contributed by atoms with van der Waals surface area (Å²) in [6, 6.07) is 5.26. The van der Waals surface area contributed by atoms with Crippen molar-refractivity contribution in [3.05, 3.63) is 18.2 Å². The lowest BCUT2D eigenvalue weighted by atomic mass is 10.2. The third kappa shape index (κ3) is 3.05. The fourth-order valence-electron chi connectivity index (χ4n) is 1.13. The fourth-order valence-corrected chi connectivity index (χ4v) is 1.13. The van der Waals surface area contributed by atoms with Crippen LogP contribution in [0, 0.1) is 0 Å². The third-order valence-electron chi connectivity index (χ3n) is 1.86. The first-order valence-corrected chi connectivity index (χ1v) is 4.41. The van der Waals surface area contributed by atoms with E-state index < -0.39 is 5.91 Å². The van der Waals surface area contributed by atoms with Crippen molar-refractivity contribution >= 4 is 11.6 Å². The van der Waals surface area contributed by atoms with Crippen LogP contribution in [0.4, 0.5) is 5.69 Å². The number of nitrogens with one attached hydrogen (secondary N) is 1. The van der Waals surface area contributed by atoms with E-state index in [1.807, 2.05) is 0 Å². The Hall–Kier alpha value is -1.91. The number of benzene rings is 1. The van der Waals surface area contributed by atoms with Crippen molar-refractivity contribution in [3.8, 4) is 11.5 Å². The first-order chi connectivity index (χ1) is 7.17. The highest BCUT2D eigenvalue weighted by molar-refractivity contribution is 5.79. The van der Waals surface area contributed by atoms with Crippen molar-refractivity contribution < 1.29 is 14.3 Å². The number of anilines is 1. The summed E-state index contributed by atoms with van der Waals surface area (Å²) in [7, 11) is 3.12. The minimum absolute atomic E-state index is 0.0591. The number of nitrogens with two attached hydrogens (primary N) is 1. The Kier molecular flexibility index (Phi) is 3.79. The molecule has 5 heteroatoms. The van der Waals surface area contributed by atoms with Crippen molar-refractivity contribution in [2.45, 2.75) is 0 Å². The summed E-state index contributed by atoms with van der Waals surface area (Å²) in [4.78, 5) is 10.6. The van der Waals surface area contributed by atoms with Crippen molar-refractivity contribution in [1.82, 2.24) is 0 Å². The van der Waals surface area contributed by atoms with Gasteiger partial charge in [-0.1, -0.05) is 0 Å². The van der Waals surface area contributed by atoms with Gasteiger partial charge < -0.3 is 20.5 Å². The van der Waals surface area contributed by atoms with Crippen molar-refractivity contribution in [1.29, 1.82) is 0 Å². The second-order valence-corrected chi connectivity index (χ2v) is 2.89. The van der Waals surface area contributed by atoms with Crippen LogP contribution in [-0.2, 0) is 4.79 Å². The molecule has 1 amide bonds. The van der Waals surface area contributed by atoms with Crippen molar-refractivity contribution in [3.63, 3.8) is 0 Å². The molecule has 1 aromatic rings. The molecule has 0 heterocycles. The number of hydrogen-bond donors (Lipinski definition) is 2. The second-order valence-electron chi connectivity index (χ2n) is 2.89. The Labute approximate surface area is 88.2 Å². The number of methoxy groups -OCH3 is 2. The molecule has 5 nitrogen and oxygen atoms in total. The maximum atomic E-state index is 10.6. The van der Waals surface area contributed by atoms with Gasteiger partial charge in [0.25, 0.3) is 0 Å². The quantitative estimate of drug-likeness (QED) is 0.746. The van der Waals surface area contributed by atoms with Gasteiger partial charge in [-0.2, -0.15) is 0 Å². The summed E-state index contributed by atoms with van der Waals surface area (Å²) in [5.41, 5.74) is 5.71. The number of primary amides is 1. The molecular formula is C10H14N2O3. The molecule has 1 aromatic carbocycles. The summed E-state index contributed by atoms with van der Waals surface area (Å²) in [5.74, 6) is 0.889. The molecule has 0 aliphatic rings. The highest BCUT2D eigenvalue weighted by Gasteiger charge is 2.05. The minimum Gasteiger partial charge on any atom is -0.497 e. The number of rotatable bonds is 5. The van der Waals surface area contributed by atoms with Crippen LogP contribution in [0.1, 0.15) is 0 Å². The number of ether oxygens (including phenoxy) is 2. The monoisotopic (exact) mass is 210 g/mol. The zero-order valence-corrected chi connectivity index (χ0v) is 8.74. The van der Waals surface area contributed by atoms with E-state index in [0.29, 0.717) is 17.2 Å². The average molecular weight is 210 g/mol. The Balaban J connectivity index is 2.85. The average Bonchev–Trinajstić information content (AvgIpc) is 2.25. The molecular weight excluding hydrogens is 196 g/mol. The number of hydrogen-bond acceptors (Lipinski definition) is 4. The Morgan fingerprint density at radius 1 is 1.40 bits per heavy atom. The van der Waals surface area contributed by atoms with Crippen LogP contribution in [0.5, 0.6) is 11.5 Å². The Morgan fingerprint density at radius 3 is 2.67 bits per heavy atom. The molecule has 0 aromatic heterocycles. The van der Waals surface area contributed by atoms with E-state index in [1.165, 1.54) is 0 Å². The van der Waals surface area contributed by atoms with E-state index in [1.54, 1.807) is 32.4 Å². The van der Waals surface area contributed by atoms with Crippen LogP contribution in [-0.4, -0.2) is 26.7 Å². The summed E-state index contributed by atoms with van der Waals surface area (Å²) < 4.78 is 10.2. The van der Waals surface area contributed by atoms with Gasteiger partial charge in [0, 0.05) is 6.07 Å². The standard InChI is InChI=1S/C10H14N2O3/c1-14-7-3-4-9(15-2)8(5-7)12-6-10(11)13/h3-5,12H,6H2,1-2H3,(H2,11,13). The van der Waals surface area contributed by atoms with Gasteiger partial charge in [-0.05, 0) is 12.1 Å². The second kappa shape index (κ2) is 5.09. The van der Waals surface area contributed by atoms with E-state index in [9.17, 15) is 4.79 Å². The van der Waals surface area contributed by atoms with Crippen LogP contribution in [0.25, 0.3) is 0 Å². The first kappa shape index (κ1) is 11.2. The smallest absolute Gasteiger partial charge is 0.236 e. The lowest BCUT2D eigenvalue weighted by Gasteiger charge is -2.11. The predicted octanol–water partition coefficient (Wildman–Crippen LogP) is 0.601. The highest BCUT2D eigenvalue weighted by atomic mass is 16.5. The van der Waals surface area contributed by atoms with Crippen molar-refractivity contribution in [2.75, 3.05) is 26.1 Å². The molecule has 3 N–H and O–H groups in total. The summed E-state index contributed by atoms with van der Waals surface area (Å²) in [6.07, 6.45) is 0. The van der Waals surface area contributed by atoms with Crippen LogP contribution in [0.2, 0.25) is 0 Å². The summed E-state index contributed by atoms with van der Waals surface area (Å²) >= 11 is 0. The SMILES string of the molecule is COc1ccc(OC)c(NCC(N)=O)c1. The van der Waals surface area contributed by atoms with Gasteiger partial charge in [0.2, 0.25) is 5.91 Å². The lowest BCUT2D eigenvalue weighted by molar-refractivity contribution is -0.116. The zero-order chi connectivity index (χ0) is 11.3. The first-order valence-electron chi connectivity index (χ1n) is 4.41. The van der Waals surface area contributed by atoms with Gasteiger partial charge in [-0.3, -0.25) is 4.79 Å². The van der Waals surface area contributed by atoms with Crippen LogP contribution in [0.3, 0.4) is 0 Å². The molecule has 0 unspecified atom stereocenters. The Morgan fingerprint density at radius 2 is 2.13 bits per heavy atom. The predicted molar refractivity (Wildman–Crippen MR) is 57.2 cm³/mol. The van der Waals surface area contributed by atoms with E-state index in [4.69, 9.17) is 15.2 Å². The normalized spacial score (nSPS) is 9.47. The van der Waals surface area contributed by atoms with Gasteiger partial charge in [0.1, 0.15) is 11.5 Å². The van der Waals surface area contributed by atoms with Gasteiger partial charge in [-0.15, -0.1) is 0 Å². The Bertz CT molecular complexity index is 353. The number of amides is 1. The maximum Gasteiger partial charge on any atom is 0.236 e. The van der Waals surface area contributed by atoms with Gasteiger partial charge in [-0.25, -0.2) is 0 Å². The van der Waals surface area contributed by atoms with Crippen molar-refractivity contribution in [2.24, 2.45) is 5.73 Å². The van der Waals surface area contributed by atoms with E-state index in [-0.39, 0.29) is 6.54 Å². The molecule has 0 fully saturated rings. The van der Waals surface area contributed by atoms with E-state index in [0.717, 1.165) is 0 Å². The maximum absolute atomic E-state index is 10.6. The zero-order valence-electron chi connectivity index (χ0n) is 8.74. The van der Waals surface area contributed by atoms with Crippen LogP contribution >= 0.6 is 0 Å². The van der Waals surface area contributed by atoms with E-state index in [2.05, 4.69) is 5.32 Å². The molecule has 0 spiro atoms. The topological polar surface area (TPSA) is 73.6 Å².